The van der Waals surface area contributed by atoms with Crippen molar-refractivity contribution in [2.75, 3.05) is 0 Å². The molecule has 76 valence electrons. The highest BCUT2D eigenvalue weighted by atomic mass is 16.2. The summed E-state index contributed by atoms with van der Waals surface area (Å²) < 4.78 is 1.03. The Morgan fingerprint density at radius 3 is 2.40 bits per heavy atom. The smallest absolute Gasteiger partial charge is 0.307 e. The van der Waals surface area contributed by atoms with Crippen molar-refractivity contribution in [2.24, 2.45) is 7.05 Å². The lowest BCUT2D eigenvalue weighted by Gasteiger charge is -2.01. The highest BCUT2D eigenvalue weighted by Gasteiger charge is 2.01. The summed E-state index contributed by atoms with van der Waals surface area (Å²) in [5, 5.41) is 0. The molecule has 0 atom stereocenters. The molecule has 1 aromatic carbocycles. The van der Waals surface area contributed by atoms with Gasteiger partial charge in [-0.1, -0.05) is 30.3 Å². The first-order valence-electron chi connectivity index (χ1n) is 4.54. The quantitative estimate of drug-likeness (QED) is 0.741. The first-order chi connectivity index (χ1) is 7.18. The standard InChI is InChI=1S/C11H10N2O2/c1-13-10(14)7-9(12-11(13)15)8-5-3-2-4-6-8/h2-7H,1H3,(H,12,15). The van der Waals surface area contributed by atoms with Crippen molar-refractivity contribution in [3.63, 3.8) is 0 Å². The summed E-state index contributed by atoms with van der Waals surface area (Å²) in [6.07, 6.45) is 0. The predicted octanol–water partition coefficient (Wildman–Crippen LogP) is 0.741. The zero-order valence-electron chi connectivity index (χ0n) is 8.23. The highest BCUT2D eigenvalue weighted by Crippen LogP contribution is 2.12. The molecule has 0 bridgehead atoms. The van der Waals surface area contributed by atoms with Crippen LogP contribution < -0.4 is 11.2 Å². The van der Waals surface area contributed by atoms with E-state index in [-0.39, 0.29) is 5.56 Å². The molecule has 0 aliphatic carbocycles. The van der Waals surface area contributed by atoms with Crippen LogP contribution in [0.3, 0.4) is 0 Å². The van der Waals surface area contributed by atoms with Crippen molar-refractivity contribution in [3.8, 4) is 11.3 Å². The predicted molar refractivity (Wildman–Crippen MR) is 57.7 cm³/mol. The minimum absolute atomic E-state index is 0.308. The van der Waals surface area contributed by atoms with Gasteiger partial charge in [-0.3, -0.25) is 9.36 Å². The van der Waals surface area contributed by atoms with Crippen LogP contribution in [0.2, 0.25) is 0 Å². The fourth-order valence-electron chi connectivity index (χ4n) is 1.33. The van der Waals surface area contributed by atoms with Gasteiger partial charge in [0.25, 0.3) is 5.56 Å². The van der Waals surface area contributed by atoms with Crippen molar-refractivity contribution in [1.29, 1.82) is 0 Å². The van der Waals surface area contributed by atoms with E-state index in [1.165, 1.54) is 13.1 Å². The van der Waals surface area contributed by atoms with Gasteiger partial charge in [0, 0.05) is 13.1 Å². The fraction of sp³-hybridized carbons (Fsp3) is 0.0909. The summed E-state index contributed by atoms with van der Waals surface area (Å²) in [5.41, 5.74) is 0.662. The van der Waals surface area contributed by atoms with E-state index >= 15 is 0 Å². The third-order valence-corrected chi connectivity index (χ3v) is 2.23. The van der Waals surface area contributed by atoms with Crippen molar-refractivity contribution >= 4 is 0 Å². The zero-order valence-corrected chi connectivity index (χ0v) is 8.23. The van der Waals surface area contributed by atoms with Gasteiger partial charge in [-0.15, -0.1) is 0 Å². The number of nitrogens with zero attached hydrogens (tertiary/aromatic N) is 1. The number of aromatic nitrogens is 2. The summed E-state index contributed by atoms with van der Waals surface area (Å²) in [7, 11) is 1.44. The molecule has 15 heavy (non-hydrogen) atoms. The molecule has 0 radical (unpaired) electrons. The molecule has 0 fully saturated rings. The number of hydrogen-bond acceptors (Lipinski definition) is 2. The van der Waals surface area contributed by atoms with Gasteiger partial charge in [0.1, 0.15) is 0 Å². The summed E-state index contributed by atoms with van der Waals surface area (Å²) in [5.74, 6) is 0. The van der Waals surface area contributed by atoms with Crippen molar-refractivity contribution in [1.82, 2.24) is 9.55 Å². The van der Waals surface area contributed by atoms with E-state index in [2.05, 4.69) is 4.98 Å². The minimum atomic E-state index is -0.402. The molecule has 0 saturated carbocycles. The lowest BCUT2D eigenvalue weighted by Crippen LogP contribution is -2.32. The Kier molecular flexibility index (Phi) is 2.25. The van der Waals surface area contributed by atoms with Crippen LogP contribution >= 0.6 is 0 Å². The molecule has 4 nitrogen and oxygen atoms in total. The molecule has 0 spiro atoms. The van der Waals surface area contributed by atoms with Crippen molar-refractivity contribution < 1.29 is 0 Å². The maximum atomic E-state index is 11.4. The van der Waals surface area contributed by atoms with E-state index in [4.69, 9.17) is 0 Å². The number of benzene rings is 1. The second kappa shape index (κ2) is 3.57. The van der Waals surface area contributed by atoms with Crippen LogP contribution in [0, 0.1) is 0 Å². The third-order valence-electron chi connectivity index (χ3n) is 2.23. The average molecular weight is 202 g/mol. The van der Waals surface area contributed by atoms with Crippen molar-refractivity contribution in [2.45, 2.75) is 0 Å². The second-order valence-electron chi connectivity index (χ2n) is 3.25. The number of nitrogens with one attached hydrogen (secondary N) is 1. The Balaban J connectivity index is 2.67. The molecule has 2 aromatic rings. The number of hydrogen-bond donors (Lipinski definition) is 1. The SMILES string of the molecule is Cn1c(=O)cc(-c2ccccc2)[nH]c1=O. The van der Waals surface area contributed by atoms with E-state index in [1.54, 1.807) is 0 Å². The molecular formula is C11H10N2O2. The molecule has 0 aliphatic rings. The van der Waals surface area contributed by atoms with Crippen LogP contribution in [0.4, 0.5) is 0 Å². The van der Waals surface area contributed by atoms with Crippen LogP contribution in [0.15, 0.2) is 46.0 Å². The van der Waals surface area contributed by atoms with E-state index in [9.17, 15) is 9.59 Å². The lowest BCUT2D eigenvalue weighted by atomic mass is 10.1. The molecular weight excluding hydrogens is 192 g/mol. The van der Waals surface area contributed by atoms with Gasteiger partial charge in [0.05, 0.1) is 5.69 Å². The van der Waals surface area contributed by atoms with Gasteiger partial charge in [0.2, 0.25) is 0 Å². The van der Waals surface area contributed by atoms with E-state index in [0.717, 1.165) is 10.1 Å². The summed E-state index contributed by atoms with van der Waals surface area (Å²) >= 11 is 0. The summed E-state index contributed by atoms with van der Waals surface area (Å²) in [6.45, 7) is 0. The second-order valence-corrected chi connectivity index (χ2v) is 3.25. The Hall–Kier alpha value is -2.10. The van der Waals surface area contributed by atoms with Gasteiger partial charge in [-0.2, -0.15) is 0 Å². The Bertz CT molecular complexity index is 550. The van der Waals surface area contributed by atoms with Gasteiger partial charge in [-0.05, 0) is 5.56 Å². The van der Waals surface area contributed by atoms with Crippen LogP contribution in [-0.4, -0.2) is 9.55 Å². The van der Waals surface area contributed by atoms with Gasteiger partial charge in [0.15, 0.2) is 0 Å². The topological polar surface area (TPSA) is 54.9 Å². The first kappa shape index (κ1) is 9.45. The normalized spacial score (nSPS) is 10.2. The highest BCUT2D eigenvalue weighted by molar-refractivity contribution is 5.57. The zero-order chi connectivity index (χ0) is 10.8. The molecule has 4 heteroatoms. The number of aromatic amines is 1. The molecule has 0 saturated heterocycles. The molecule has 0 unspecified atom stereocenters. The summed E-state index contributed by atoms with van der Waals surface area (Å²) in [4.78, 5) is 25.4. The van der Waals surface area contributed by atoms with Crippen LogP contribution in [-0.2, 0) is 7.05 Å². The maximum absolute atomic E-state index is 11.4. The maximum Gasteiger partial charge on any atom is 0.328 e. The van der Waals surface area contributed by atoms with E-state index in [1.807, 2.05) is 30.3 Å². The van der Waals surface area contributed by atoms with E-state index in [0.29, 0.717) is 5.69 Å². The van der Waals surface area contributed by atoms with Crippen LogP contribution in [0.5, 0.6) is 0 Å². The third kappa shape index (κ3) is 1.74. The average Bonchev–Trinajstić information content (AvgIpc) is 2.26. The Labute approximate surface area is 85.8 Å². The van der Waals surface area contributed by atoms with Crippen molar-refractivity contribution in [3.05, 3.63) is 57.2 Å². The lowest BCUT2D eigenvalue weighted by molar-refractivity contribution is 0.778. The molecule has 0 amide bonds. The largest absolute Gasteiger partial charge is 0.328 e. The number of H-pyrrole nitrogens is 1. The molecule has 2 rings (SSSR count). The monoisotopic (exact) mass is 202 g/mol. The van der Waals surface area contributed by atoms with Gasteiger partial charge in [-0.25, -0.2) is 4.79 Å². The number of rotatable bonds is 1. The molecule has 1 aromatic heterocycles. The Morgan fingerprint density at radius 2 is 1.80 bits per heavy atom. The Morgan fingerprint density at radius 1 is 1.13 bits per heavy atom. The summed E-state index contributed by atoms with van der Waals surface area (Å²) in [6, 6.07) is 10.7. The first-order valence-corrected chi connectivity index (χ1v) is 4.54. The molecule has 1 heterocycles. The van der Waals surface area contributed by atoms with Gasteiger partial charge >= 0.3 is 5.69 Å². The minimum Gasteiger partial charge on any atom is -0.307 e. The van der Waals surface area contributed by atoms with E-state index < -0.39 is 5.69 Å². The van der Waals surface area contributed by atoms with Crippen LogP contribution in [0.1, 0.15) is 0 Å². The van der Waals surface area contributed by atoms with Gasteiger partial charge < -0.3 is 4.98 Å². The molecule has 0 aliphatic heterocycles. The fourth-order valence-corrected chi connectivity index (χ4v) is 1.33. The molecule has 1 N–H and O–H groups in total. The van der Waals surface area contributed by atoms with Crippen LogP contribution in [0.25, 0.3) is 11.3 Å².